The molecule has 0 spiro atoms. The molecule has 0 amide bonds. The van der Waals surface area contributed by atoms with Gasteiger partial charge >= 0.3 is 0 Å². The van der Waals surface area contributed by atoms with Crippen LogP contribution in [0, 0.1) is 0 Å². The highest BCUT2D eigenvalue weighted by Gasteiger charge is 2.19. The molecule has 0 saturated heterocycles. The van der Waals surface area contributed by atoms with Crippen molar-refractivity contribution in [2.24, 2.45) is 5.73 Å². The second kappa shape index (κ2) is 6.76. The molecule has 8 heteroatoms. The van der Waals surface area contributed by atoms with Crippen LogP contribution in [0.25, 0.3) is 33.3 Å². The van der Waals surface area contributed by atoms with Crippen molar-refractivity contribution in [3.8, 4) is 11.4 Å². The molecule has 4 aromatic rings. The lowest BCUT2D eigenvalue weighted by Gasteiger charge is -2.13. The minimum absolute atomic E-state index is 0.139. The van der Waals surface area contributed by atoms with E-state index in [0.29, 0.717) is 26.4 Å². The standard InChI is InChI=1S/C18H15Cl3N4O/c19-9-1-2-15-11(3-9)12(7-23-15)18-24-16-4-13(20)14(21)5-17(16)25(18)8-10(26)6-22/h1-5,7,10,23,26H,6,8,22H2. The van der Waals surface area contributed by atoms with Crippen LogP contribution in [0.2, 0.25) is 15.1 Å². The smallest absolute Gasteiger partial charge is 0.143 e. The summed E-state index contributed by atoms with van der Waals surface area (Å²) in [6.07, 6.45) is 1.16. The number of hydrogen-bond acceptors (Lipinski definition) is 3. The molecule has 1 atom stereocenters. The summed E-state index contributed by atoms with van der Waals surface area (Å²) in [5.41, 5.74) is 8.89. The molecule has 134 valence electrons. The number of imidazole rings is 1. The maximum atomic E-state index is 10.1. The van der Waals surface area contributed by atoms with Gasteiger partial charge in [0.15, 0.2) is 0 Å². The van der Waals surface area contributed by atoms with Gasteiger partial charge in [0.05, 0.1) is 33.7 Å². The Morgan fingerprint density at radius 3 is 2.69 bits per heavy atom. The van der Waals surface area contributed by atoms with Gasteiger partial charge in [-0.3, -0.25) is 0 Å². The van der Waals surface area contributed by atoms with Crippen LogP contribution in [0.4, 0.5) is 0 Å². The van der Waals surface area contributed by atoms with Crippen molar-refractivity contribution in [1.29, 1.82) is 0 Å². The Balaban J connectivity index is 2.01. The number of benzene rings is 2. The van der Waals surface area contributed by atoms with Crippen molar-refractivity contribution in [3.63, 3.8) is 0 Å². The van der Waals surface area contributed by atoms with E-state index in [1.807, 2.05) is 29.0 Å². The molecule has 2 heterocycles. The van der Waals surface area contributed by atoms with Crippen molar-refractivity contribution in [2.75, 3.05) is 6.54 Å². The zero-order chi connectivity index (χ0) is 18.4. The summed E-state index contributed by atoms with van der Waals surface area (Å²) in [5.74, 6) is 0.680. The van der Waals surface area contributed by atoms with E-state index in [1.165, 1.54) is 0 Å². The van der Waals surface area contributed by atoms with Gasteiger partial charge in [0.2, 0.25) is 0 Å². The number of aromatic nitrogens is 3. The highest BCUT2D eigenvalue weighted by molar-refractivity contribution is 6.42. The number of nitrogens with two attached hydrogens (primary N) is 1. The molecule has 4 rings (SSSR count). The Bertz CT molecular complexity index is 1120. The lowest BCUT2D eigenvalue weighted by molar-refractivity contribution is 0.164. The first kappa shape index (κ1) is 17.6. The van der Waals surface area contributed by atoms with Crippen molar-refractivity contribution < 1.29 is 5.11 Å². The molecule has 0 fully saturated rings. The molecule has 26 heavy (non-hydrogen) atoms. The summed E-state index contributed by atoms with van der Waals surface area (Å²) in [5, 5.41) is 12.6. The first-order chi connectivity index (χ1) is 12.5. The van der Waals surface area contributed by atoms with E-state index in [9.17, 15) is 5.11 Å². The van der Waals surface area contributed by atoms with Gasteiger partial charge in [0.25, 0.3) is 0 Å². The van der Waals surface area contributed by atoms with Gasteiger partial charge in [0.1, 0.15) is 5.82 Å². The van der Waals surface area contributed by atoms with Gasteiger partial charge in [-0.15, -0.1) is 0 Å². The van der Waals surface area contributed by atoms with E-state index in [2.05, 4.69) is 4.98 Å². The number of aliphatic hydroxyl groups excluding tert-OH is 1. The second-order valence-electron chi connectivity index (χ2n) is 6.08. The van der Waals surface area contributed by atoms with E-state index in [0.717, 1.165) is 22.0 Å². The first-order valence-corrected chi connectivity index (χ1v) is 9.11. The molecule has 0 bridgehead atoms. The molecule has 0 aliphatic heterocycles. The molecule has 0 aliphatic carbocycles. The third-order valence-corrected chi connectivity index (χ3v) is 5.30. The molecule has 4 N–H and O–H groups in total. The maximum absolute atomic E-state index is 10.1. The first-order valence-electron chi connectivity index (χ1n) is 7.98. The number of hydrogen-bond donors (Lipinski definition) is 3. The van der Waals surface area contributed by atoms with Gasteiger partial charge in [-0.2, -0.15) is 0 Å². The predicted molar refractivity (Wildman–Crippen MR) is 107 cm³/mol. The number of aliphatic hydroxyl groups is 1. The number of H-pyrrole nitrogens is 1. The molecule has 1 unspecified atom stereocenters. The summed E-state index contributed by atoms with van der Waals surface area (Å²) in [6, 6.07) is 9.09. The van der Waals surface area contributed by atoms with Crippen LogP contribution < -0.4 is 5.73 Å². The van der Waals surface area contributed by atoms with Crippen LogP contribution in [0.3, 0.4) is 0 Å². The van der Waals surface area contributed by atoms with E-state index < -0.39 is 6.10 Å². The maximum Gasteiger partial charge on any atom is 0.143 e. The number of nitrogens with zero attached hydrogens (tertiary/aromatic N) is 2. The van der Waals surface area contributed by atoms with Crippen molar-refractivity contribution in [1.82, 2.24) is 14.5 Å². The van der Waals surface area contributed by atoms with E-state index in [-0.39, 0.29) is 13.1 Å². The lowest BCUT2D eigenvalue weighted by atomic mass is 10.1. The quantitative estimate of drug-likeness (QED) is 0.465. The number of rotatable bonds is 4. The van der Waals surface area contributed by atoms with E-state index in [1.54, 1.807) is 12.1 Å². The SMILES string of the molecule is NCC(O)Cn1c(-c2c[nH]c3ccc(Cl)cc23)nc2cc(Cl)c(Cl)cc21. The number of aromatic amines is 1. The molecule has 0 radical (unpaired) electrons. The fraction of sp³-hybridized carbons (Fsp3) is 0.167. The van der Waals surface area contributed by atoms with Crippen LogP contribution in [-0.2, 0) is 6.54 Å². The topological polar surface area (TPSA) is 79.9 Å². The van der Waals surface area contributed by atoms with E-state index in [4.69, 9.17) is 45.5 Å². The average molecular weight is 410 g/mol. The highest BCUT2D eigenvalue weighted by atomic mass is 35.5. The molecule has 2 aromatic heterocycles. The summed E-state index contributed by atoms with van der Waals surface area (Å²) in [6.45, 7) is 0.424. The van der Waals surface area contributed by atoms with Crippen LogP contribution in [0.15, 0.2) is 36.5 Å². The van der Waals surface area contributed by atoms with Crippen LogP contribution >= 0.6 is 34.8 Å². The second-order valence-corrected chi connectivity index (χ2v) is 7.33. The van der Waals surface area contributed by atoms with Crippen molar-refractivity contribution in [3.05, 3.63) is 51.6 Å². The molecule has 0 saturated carbocycles. The Labute approximate surface area is 164 Å². The fourth-order valence-corrected chi connectivity index (χ4v) is 3.56. The number of fused-ring (bicyclic) bond motifs is 2. The van der Waals surface area contributed by atoms with Gasteiger partial charge in [-0.1, -0.05) is 34.8 Å². The lowest BCUT2D eigenvalue weighted by Crippen LogP contribution is -2.25. The van der Waals surface area contributed by atoms with Gasteiger partial charge < -0.3 is 20.4 Å². The zero-order valence-corrected chi connectivity index (χ0v) is 15.8. The highest BCUT2D eigenvalue weighted by Crippen LogP contribution is 2.35. The summed E-state index contributed by atoms with van der Waals surface area (Å²) < 4.78 is 1.90. The largest absolute Gasteiger partial charge is 0.390 e. The summed E-state index contributed by atoms with van der Waals surface area (Å²) >= 11 is 18.5. The summed E-state index contributed by atoms with van der Waals surface area (Å²) in [7, 11) is 0. The van der Waals surface area contributed by atoms with Gasteiger partial charge in [0, 0.05) is 34.2 Å². The molecule has 5 nitrogen and oxygen atoms in total. The predicted octanol–water partition coefficient (Wildman–Crippen LogP) is 4.46. The Morgan fingerprint density at radius 2 is 1.92 bits per heavy atom. The number of halogens is 3. The molecular weight excluding hydrogens is 395 g/mol. The Morgan fingerprint density at radius 1 is 1.15 bits per heavy atom. The zero-order valence-electron chi connectivity index (χ0n) is 13.5. The minimum Gasteiger partial charge on any atom is -0.390 e. The van der Waals surface area contributed by atoms with Crippen LogP contribution in [0.5, 0.6) is 0 Å². The average Bonchev–Trinajstić information content (AvgIpc) is 3.16. The van der Waals surface area contributed by atoms with Crippen LogP contribution in [-0.4, -0.2) is 32.3 Å². The van der Waals surface area contributed by atoms with E-state index >= 15 is 0 Å². The molecular formula is C18H15Cl3N4O. The fourth-order valence-electron chi connectivity index (χ4n) is 3.07. The Kier molecular flexibility index (Phi) is 4.59. The third kappa shape index (κ3) is 2.96. The number of nitrogens with one attached hydrogen (secondary N) is 1. The van der Waals surface area contributed by atoms with Crippen molar-refractivity contribution >= 4 is 56.7 Å². The van der Waals surface area contributed by atoms with Gasteiger partial charge in [-0.25, -0.2) is 4.98 Å². The monoisotopic (exact) mass is 408 g/mol. The minimum atomic E-state index is -0.714. The summed E-state index contributed by atoms with van der Waals surface area (Å²) in [4.78, 5) is 7.95. The van der Waals surface area contributed by atoms with Crippen LogP contribution in [0.1, 0.15) is 0 Å². The Hall–Kier alpha value is -1.76. The third-order valence-electron chi connectivity index (χ3n) is 4.34. The molecule has 2 aromatic carbocycles. The molecule has 0 aliphatic rings. The van der Waals surface area contributed by atoms with Crippen molar-refractivity contribution in [2.45, 2.75) is 12.6 Å². The van der Waals surface area contributed by atoms with Gasteiger partial charge in [-0.05, 0) is 30.3 Å². The normalized spacial score (nSPS) is 13.0.